The van der Waals surface area contributed by atoms with E-state index in [-0.39, 0.29) is 0 Å². The van der Waals surface area contributed by atoms with Crippen LogP contribution in [0.4, 0.5) is 0 Å². The number of aryl methyl sites for hydroxylation is 1. The number of fused-ring (bicyclic) bond motifs is 1. The zero-order valence-corrected chi connectivity index (χ0v) is 8.94. The van der Waals surface area contributed by atoms with Gasteiger partial charge in [0.15, 0.2) is 0 Å². The second-order valence-corrected chi connectivity index (χ2v) is 4.46. The molecule has 0 unspecified atom stereocenters. The first kappa shape index (κ1) is 7.49. The SMILES string of the molecule is Cc1nsc2ccc(I)cc12. The van der Waals surface area contributed by atoms with Gasteiger partial charge in [-0.1, -0.05) is 0 Å². The molecule has 2 rings (SSSR count). The van der Waals surface area contributed by atoms with Crippen LogP contribution in [0.2, 0.25) is 0 Å². The lowest BCUT2D eigenvalue weighted by Gasteiger charge is -1.89. The van der Waals surface area contributed by atoms with E-state index >= 15 is 0 Å². The van der Waals surface area contributed by atoms with E-state index in [1.807, 2.05) is 0 Å². The van der Waals surface area contributed by atoms with E-state index in [0.717, 1.165) is 5.69 Å². The summed E-state index contributed by atoms with van der Waals surface area (Å²) in [7, 11) is 0. The molecule has 0 saturated heterocycles. The van der Waals surface area contributed by atoms with Crippen molar-refractivity contribution in [2.75, 3.05) is 0 Å². The minimum absolute atomic E-state index is 1.14. The molecule has 0 N–H and O–H groups in total. The molecule has 0 bridgehead atoms. The van der Waals surface area contributed by atoms with Gasteiger partial charge in [0.25, 0.3) is 0 Å². The molecule has 0 aliphatic carbocycles. The lowest BCUT2D eigenvalue weighted by Crippen LogP contribution is -1.71. The second-order valence-electron chi connectivity index (χ2n) is 2.41. The zero-order chi connectivity index (χ0) is 7.84. The van der Waals surface area contributed by atoms with E-state index in [2.05, 4.69) is 52.1 Å². The van der Waals surface area contributed by atoms with Gasteiger partial charge in [0, 0.05) is 8.96 Å². The van der Waals surface area contributed by atoms with E-state index < -0.39 is 0 Å². The van der Waals surface area contributed by atoms with Gasteiger partial charge >= 0.3 is 0 Å². The van der Waals surface area contributed by atoms with Crippen LogP contribution in [0, 0.1) is 10.5 Å². The smallest absolute Gasteiger partial charge is 0.0590 e. The molecule has 0 fully saturated rings. The van der Waals surface area contributed by atoms with E-state index in [9.17, 15) is 0 Å². The Labute approximate surface area is 82.7 Å². The quantitative estimate of drug-likeness (QED) is 0.673. The van der Waals surface area contributed by atoms with Gasteiger partial charge in [0.2, 0.25) is 0 Å². The first-order chi connectivity index (χ1) is 5.27. The lowest BCUT2D eigenvalue weighted by atomic mass is 10.2. The number of hydrogen-bond acceptors (Lipinski definition) is 2. The fraction of sp³-hybridized carbons (Fsp3) is 0.125. The highest BCUT2D eigenvalue weighted by Crippen LogP contribution is 2.23. The Hall–Kier alpha value is -0.160. The average molecular weight is 275 g/mol. The third-order valence-electron chi connectivity index (χ3n) is 1.61. The number of halogens is 1. The molecule has 1 aromatic carbocycles. The minimum Gasteiger partial charge on any atom is -0.197 e. The maximum absolute atomic E-state index is 4.28. The van der Waals surface area contributed by atoms with Crippen LogP contribution in [0.15, 0.2) is 18.2 Å². The van der Waals surface area contributed by atoms with Crippen molar-refractivity contribution in [2.45, 2.75) is 6.92 Å². The van der Waals surface area contributed by atoms with Gasteiger partial charge in [-0.2, -0.15) is 4.37 Å². The normalized spacial score (nSPS) is 10.7. The standard InChI is InChI=1S/C8H6INS/c1-5-7-4-6(9)2-3-8(7)11-10-5/h2-4H,1H3. The van der Waals surface area contributed by atoms with Gasteiger partial charge in [-0.25, -0.2) is 0 Å². The summed E-state index contributed by atoms with van der Waals surface area (Å²) in [5, 5.41) is 1.29. The van der Waals surface area contributed by atoms with Crippen LogP contribution in [0.5, 0.6) is 0 Å². The highest BCUT2D eigenvalue weighted by Gasteiger charge is 2.00. The van der Waals surface area contributed by atoms with Crippen molar-refractivity contribution in [3.63, 3.8) is 0 Å². The summed E-state index contributed by atoms with van der Waals surface area (Å²) in [5.74, 6) is 0. The molecule has 11 heavy (non-hydrogen) atoms. The molecule has 0 radical (unpaired) electrons. The van der Waals surface area contributed by atoms with Gasteiger partial charge < -0.3 is 0 Å². The summed E-state index contributed by atoms with van der Waals surface area (Å²) < 4.78 is 6.83. The fourth-order valence-electron chi connectivity index (χ4n) is 1.03. The highest BCUT2D eigenvalue weighted by molar-refractivity contribution is 14.1. The third kappa shape index (κ3) is 1.27. The zero-order valence-electron chi connectivity index (χ0n) is 5.97. The fourth-order valence-corrected chi connectivity index (χ4v) is 2.29. The average Bonchev–Trinajstić information content (AvgIpc) is 2.33. The molecule has 3 heteroatoms. The molecule has 0 aliphatic heterocycles. The van der Waals surface area contributed by atoms with Crippen molar-refractivity contribution in [2.24, 2.45) is 0 Å². The lowest BCUT2D eigenvalue weighted by molar-refractivity contribution is 1.37. The Kier molecular flexibility index (Phi) is 1.85. The Morgan fingerprint density at radius 3 is 3.09 bits per heavy atom. The van der Waals surface area contributed by atoms with Crippen molar-refractivity contribution in [1.29, 1.82) is 0 Å². The molecule has 0 saturated carbocycles. The summed E-state index contributed by atoms with van der Waals surface area (Å²) in [5.41, 5.74) is 1.14. The van der Waals surface area contributed by atoms with Crippen LogP contribution in [0.3, 0.4) is 0 Å². The summed E-state index contributed by atoms with van der Waals surface area (Å²) >= 11 is 3.89. The van der Waals surface area contributed by atoms with Crippen molar-refractivity contribution in [3.05, 3.63) is 27.5 Å². The number of aromatic nitrogens is 1. The van der Waals surface area contributed by atoms with E-state index in [1.54, 1.807) is 11.5 Å². The largest absolute Gasteiger partial charge is 0.197 e. The molecule has 0 atom stereocenters. The van der Waals surface area contributed by atoms with Crippen LogP contribution in [0.25, 0.3) is 10.1 Å². The molecule has 56 valence electrons. The monoisotopic (exact) mass is 275 g/mol. The topological polar surface area (TPSA) is 12.9 Å². The Bertz CT molecular complexity index is 394. The summed E-state index contributed by atoms with van der Waals surface area (Å²) in [6.07, 6.45) is 0. The van der Waals surface area contributed by atoms with Gasteiger partial charge in [0.1, 0.15) is 0 Å². The first-order valence-electron chi connectivity index (χ1n) is 3.29. The molecule has 1 nitrogen and oxygen atoms in total. The van der Waals surface area contributed by atoms with Crippen molar-refractivity contribution in [3.8, 4) is 0 Å². The van der Waals surface area contributed by atoms with Crippen LogP contribution < -0.4 is 0 Å². The van der Waals surface area contributed by atoms with E-state index in [4.69, 9.17) is 0 Å². The second kappa shape index (κ2) is 2.71. The van der Waals surface area contributed by atoms with Crippen LogP contribution in [-0.2, 0) is 0 Å². The molecule has 2 aromatic rings. The number of hydrogen-bond donors (Lipinski definition) is 0. The summed E-state index contributed by atoms with van der Waals surface area (Å²) in [6, 6.07) is 6.41. The molecule has 1 aromatic heterocycles. The molecule has 0 aliphatic rings. The van der Waals surface area contributed by atoms with E-state index in [0.29, 0.717) is 0 Å². The maximum Gasteiger partial charge on any atom is 0.0590 e. The third-order valence-corrected chi connectivity index (χ3v) is 3.20. The van der Waals surface area contributed by atoms with Gasteiger partial charge in [-0.15, -0.1) is 0 Å². The number of rotatable bonds is 0. The molecule has 0 amide bonds. The van der Waals surface area contributed by atoms with Gasteiger partial charge in [-0.3, -0.25) is 0 Å². The van der Waals surface area contributed by atoms with E-state index in [1.165, 1.54) is 13.7 Å². The molecular weight excluding hydrogens is 269 g/mol. The van der Waals surface area contributed by atoms with Crippen LogP contribution in [-0.4, -0.2) is 4.37 Å². The maximum atomic E-state index is 4.28. The van der Waals surface area contributed by atoms with Gasteiger partial charge in [-0.05, 0) is 59.2 Å². The predicted molar refractivity (Wildman–Crippen MR) is 57.1 cm³/mol. The first-order valence-corrected chi connectivity index (χ1v) is 5.14. The Morgan fingerprint density at radius 1 is 1.45 bits per heavy atom. The number of nitrogens with zero attached hydrogens (tertiary/aromatic N) is 1. The predicted octanol–water partition coefficient (Wildman–Crippen LogP) is 3.21. The Morgan fingerprint density at radius 2 is 2.27 bits per heavy atom. The van der Waals surface area contributed by atoms with Crippen molar-refractivity contribution in [1.82, 2.24) is 4.37 Å². The summed E-state index contributed by atoms with van der Waals surface area (Å²) in [6.45, 7) is 2.05. The highest BCUT2D eigenvalue weighted by atomic mass is 127. The van der Waals surface area contributed by atoms with Crippen LogP contribution >= 0.6 is 34.1 Å². The molecule has 1 heterocycles. The van der Waals surface area contributed by atoms with Crippen molar-refractivity contribution >= 4 is 44.2 Å². The summed E-state index contributed by atoms with van der Waals surface area (Å²) in [4.78, 5) is 0. The number of benzene rings is 1. The molecule has 0 spiro atoms. The Balaban J connectivity index is 2.87. The molecular formula is C8H6INS. The minimum atomic E-state index is 1.14. The van der Waals surface area contributed by atoms with Crippen LogP contribution in [0.1, 0.15) is 5.69 Å². The van der Waals surface area contributed by atoms with Gasteiger partial charge in [0.05, 0.1) is 10.4 Å². The van der Waals surface area contributed by atoms with Crippen molar-refractivity contribution < 1.29 is 0 Å².